The minimum atomic E-state index is -0.745. The van der Waals surface area contributed by atoms with Gasteiger partial charge in [0.25, 0.3) is 0 Å². The molecule has 24 heavy (non-hydrogen) atoms. The zero-order valence-corrected chi connectivity index (χ0v) is 14.8. The number of anilines is 1. The van der Waals surface area contributed by atoms with E-state index in [0.717, 1.165) is 27.7 Å². The first kappa shape index (κ1) is 15.8. The van der Waals surface area contributed by atoms with E-state index < -0.39 is 7.05 Å². The first-order valence-electron chi connectivity index (χ1n) is 8.55. The molecule has 0 aromatic heterocycles. The van der Waals surface area contributed by atoms with Crippen molar-refractivity contribution < 1.29 is 5.02 Å². The van der Waals surface area contributed by atoms with Crippen molar-refractivity contribution in [2.45, 2.75) is 36.8 Å². The maximum Gasteiger partial charge on any atom is 0.471 e. The van der Waals surface area contributed by atoms with E-state index in [1.807, 2.05) is 42.1 Å². The molecule has 2 aliphatic rings. The van der Waals surface area contributed by atoms with E-state index in [1.165, 1.54) is 17.7 Å². The number of fused-ring (bicyclic) bond motifs is 1. The quantitative estimate of drug-likeness (QED) is 0.868. The van der Waals surface area contributed by atoms with Gasteiger partial charge in [0.15, 0.2) is 0 Å². The van der Waals surface area contributed by atoms with Gasteiger partial charge in [-0.05, 0) is 48.0 Å². The van der Waals surface area contributed by atoms with Gasteiger partial charge < -0.3 is 5.02 Å². The van der Waals surface area contributed by atoms with Crippen LogP contribution in [-0.4, -0.2) is 23.0 Å². The zero-order valence-electron chi connectivity index (χ0n) is 14.0. The molecule has 2 aromatic carbocycles. The lowest BCUT2D eigenvalue weighted by atomic mass is 9.67. The van der Waals surface area contributed by atoms with Gasteiger partial charge in [0, 0.05) is 15.8 Å². The van der Waals surface area contributed by atoms with Gasteiger partial charge in [-0.1, -0.05) is 44.2 Å². The maximum absolute atomic E-state index is 10.9. The molecule has 0 saturated heterocycles. The Morgan fingerprint density at radius 2 is 1.96 bits per heavy atom. The minimum Gasteiger partial charge on any atom is -0.427 e. The van der Waals surface area contributed by atoms with Gasteiger partial charge >= 0.3 is 7.05 Å². The van der Waals surface area contributed by atoms with Crippen LogP contribution >= 0.6 is 11.8 Å². The van der Waals surface area contributed by atoms with Gasteiger partial charge in [0.05, 0.1) is 5.71 Å². The molecule has 0 spiro atoms. The minimum absolute atomic E-state index is 0.296. The molecule has 1 N–H and O–H groups in total. The number of thioether (sulfide) groups is 1. The van der Waals surface area contributed by atoms with Gasteiger partial charge in [-0.25, -0.2) is 0 Å². The smallest absolute Gasteiger partial charge is 0.427 e. The summed E-state index contributed by atoms with van der Waals surface area (Å²) in [5.41, 5.74) is 3.95. The highest BCUT2D eigenvalue weighted by atomic mass is 32.2. The largest absolute Gasteiger partial charge is 0.471 e. The van der Waals surface area contributed by atoms with Crippen molar-refractivity contribution in [3.05, 3.63) is 54.1 Å². The van der Waals surface area contributed by atoms with Gasteiger partial charge in [0.1, 0.15) is 0 Å². The summed E-state index contributed by atoms with van der Waals surface area (Å²) in [6.07, 6.45) is 2.62. The van der Waals surface area contributed by atoms with Gasteiger partial charge in [-0.15, -0.1) is 11.8 Å². The molecule has 1 saturated carbocycles. The lowest BCUT2D eigenvalue weighted by Crippen LogP contribution is -2.52. The summed E-state index contributed by atoms with van der Waals surface area (Å²) >= 11 is 1.92. The van der Waals surface area contributed by atoms with E-state index in [1.54, 1.807) is 4.92 Å². The summed E-state index contributed by atoms with van der Waals surface area (Å²) in [6.45, 7) is 4.29. The molecule has 1 fully saturated rings. The highest BCUT2D eigenvalue weighted by molar-refractivity contribution is 8.00. The van der Waals surface area contributed by atoms with Crippen LogP contribution in [0.3, 0.4) is 0 Å². The van der Waals surface area contributed by atoms with Crippen LogP contribution in [0.4, 0.5) is 5.69 Å². The maximum atomic E-state index is 10.9. The fraction of sp³-hybridized carbons (Fsp3) is 0.316. The molecule has 0 unspecified atom stereocenters. The Hall–Kier alpha value is -1.72. The molecule has 0 bridgehead atoms. The van der Waals surface area contributed by atoms with E-state index >= 15 is 0 Å². The Balaban J connectivity index is 1.73. The Kier molecular flexibility index (Phi) is 4.15. The molecule has 4 rings (SSSR count). The van der Waals surface area contributed by atoms with Gasteiger partial charge in [-0.2, -0.15) is 5.10 Å². The second-order valence-electron chi connectivity index (χ2n) is 6.76. The normalized spacial score (nSPS) is 17.1. The predicted molar refractivity (Wildman–Crippen MR) is 103 cm³/mol. The molecular formula is C19H21BN2OS. The summed E-state index contributed by atoms with van der Waals surface area (Å²) in [6, 6.07) is 16.4. The van der Waals surface area contributed by atoms with Crippen molar-refractivity contribution in [1.29, 1.82) is 0 Å². The molecule has 122 valence electrons. The molecule has 5 heteroatoms. The Labute approximate surface area is 147 Å². The van der Waals surface area contributed by atoms with Crippen molar-refractivity contribution in [1.82, 2.24) is 0 Å². The molecule has 1 heterocycles. The number of hydrogen-bond donors (Lipinski definition) is 1. The Bertz CT molecular complexity index is 788. The number of rotatable bonds is 4. The molecule has 2 aromatic rings. The van der Waals surface area contributed by atoms with E-state index in [4.69, 9.17) is 5.10 Å². The van der Waals surface area contributed by atoms with E-state index in [0.29, 0.717) is 5.92 Å². The average molecular weight is 336 g/mol. The van der Waals surface area contributed by atoms with Gasteiger partial charge in [0.2, 0.25) is 0 Å². The third-order valence-electron chi connectivity index (χ3n) is 4.42. The topological polar surface area (TPSA) is 35.8 Å². The number of hydrogen-bond acceptors (Lipinski definition) is 4. The van der Waals surface area contributed by atoms with Crippen molar-refractivity contribution in [3.63, 3.8) is 0 Å². The first-order chi connectivity index (χ1) is 11.6. The van der Waals surface area contributed by atoms with Crippen LogP contribution in [0.15, 0.2) is 58.5 Å². The predicted octanol–water partition coefficient (Wildman–Crippen LogP) is 3.51. The van der Waals surface area contributed by atoms with Crippen LogP contribution in [0.25, 0.3) is 0 Å². The molecule has 1 aliphatic heterocycles. The first-order valence-corrected chi connectivity index (χ1v) is 9.43. The monoisotopic (exact) mass is 336 g/mol. The van der Waals surface area contributed by atoms with Crippen molar-refractivity contribution in [2.75, 3.05) is 4.92 Å². The fourth-order valence-electron chi connectivity index (χ4n) is 3.01. The second-order valence-corrected chi connectivity index (χ2v) is 8.13. The number of nitrogens with zero attached hydrogens (tertiary/aromatic N) is 2. The molecule has 0 radical (unpaired) electrons. The summed E-state index contributed by atoms with van der Waals surface area (Å²) in [5.74, 6) is 0.296. The Morgan fingerprint density at radius 3 is 2.71 bits per heavy atom. The van der Waals surface area contributed by atoms with Crippen LogP contribution in [0.2, 0.25) is 0 Å². The summed E-state index contributed by atoms with van der Waals surface area (Å²) in [5, 5.41) is 16.4. The molecule has 0 atom stereocenters. The van der Waals surface area contributed by atoms with Crippen LogP contribution in [-0.2, 0) is 0 Å². The van der Waals surface area contributed by atoms with E-state index in [9.17, 15) is 5.02 Å². The summed E-state index contributed by atoms with van der Waals surface area (Å²) in [4.78, 5) is 3.01. The molecule has 1 aliphatic carbocycles. The van der Waals surface area contributed by atoms with Crippen molar-refractivity contribution >= 4 is 35.7 Å². The summed E-state index contributed by atoms with van der Waals surface area (Å²) < 4.78 is 0. The SMILES string of the molecule is CC(C)C1=NN(c2cccc(SC3CC3)c2)B(O)c2ccccc21. The number of hydrazone groups is 1. The Morgan fingerprint density at radius 1 is 1.17 bits per heavy atom. The highest BCUT2D eigenvalue weighted by Crippen LogP contribution is 2.40. The standard InChI is InChI=1S/C19H21BN2OS/c1-13(2)19-17-8-3-4-9-18(17)20(23)22(21-19)14-6-5-7-16(12-14)24-15-10-11-15/h3-9,12-13,15,23H,10-11H2,1-2H3. The zero-order chi connectivity index (χ0) is 16.7. The van der Waals surface area contributed by atoms with Crippen LogP contribution in [0.5, 0.6) is 0 Å². The van der Waals surface area contributed by atoms with Crippen LogP contribution in [0.1, 0.15) is 32.3 Å². The lowest BCUT2D eigenvalue weighted by Gasteiger charge is -2.31. The molecule has 3 nitrogen and oxygen atoms in total. The molecule has 0 amide bonds. The average Bonchev–Trinajstić information content (AvgIpc) is 3.39. The third kappa shape index (κ3) is 2.98. The van der Waals surface area contributed by atoms with Crippen LogP contribution in [0, 0.1) is 5.92 Å². The summed E-state index contributed by atoms with van der Waals surface area (Å²) in [7, 11) is -0.745. The molecular weight excluding hydrogens is 315 g/mol. The van der Waals surface area contributed by atoms with E-state index in [-0.39, 0.29) is 0 Å². The van der Waals surface area contributed by atoms with Gasteiger partial charge in [-0.3, -0.25) is 4.92 Å². The van der Waals surface area contributed by atoms with E-state index in [2.05, 4.69) is 32.0 Å². The van der Waals surface area contributed by atoms with Crippen molar-refractivity contribution in [2.24, 2.45) is 11.0 Å². The highest BCUT2D eigenvalue weighted by Gasteiger charge is 2.34. The second kappa shape index (κ2) is 6.30. The third-order valence-corrected chi connectivity index (χ3v) is 5.75. The van der Waals surface area contributed by atoms with Crippen LogP contribution < -0.4 is 10.4 Å². The fourth-order valence-corrected chi connectivity index (χ4v) is 4.12. The van der Waals surface area contributed by atoms with Crippen molar-refractivity contribution in [3.8, 4) is 0 Å². The lowest BCUT2D eigenvalue weighted by molar-refractivity contribution is 0.577. The number of benzene rings is 2.